The van der Waals surface area contributed by atoms with Gasteiger partial charge in [-0.2, -0.15) is 0 Å². The number of anilines is 2. The zero-order valence-electron chi connectivity index (χ0n) is 13.2. The van der Waals surface area contributed by atoms with Crippen LogP contribution in [0.3, 0.4) is 0 Å². The summed E-state index contributed by atoms with van der Waals surface area (Å²) in [4.78, 5) is 11.5. The van der Waals surface area contributed by atoms with E-state index in [9.17, 15) is 0 Å². The molecule has 5 heteroatoms. The molecule has 0 bridgehead atoms. The van der Waals surface area contributed by atoms with E-state index < -0.39 is 0 Å². The molecule has 1 aromatic rings. The molecule has 0 saturated carbocycles. The van der Waals surface area contributed by atoms with Crippen molar-refractivity contribution in [2.24, 2.45) is 0 Å². The van der Waals surface area contributed by atoms with Gasteiger partial charge >= 0.3 is 0 Å². The van der Waals surface area contributed by atoms with E-state index in [0.717, 1.165) is 61.9 Å². The van der Waals surface area contributed by atoms with Crippen LogP contribution in [-0.4, -0.2) is 41.3 Å². The first-order valence-corrected chi connectivity index (χ1v) is 7.65. The Bertz CT molecular complexity index is 409. The first kappa shape index (κ1) is 16.7. The third-order valence-electron chi connectivity index (χ3n) is 3.29. The Labute approximate surface area is 122 Å². The SMILES string of the molecule is CCCNc1nc(CC)nc(N(CC)CCCO)c1C. The third-order valence-corrected chi connectivity index (χ3v) is 3.29. The quantitative estimate of drug-likeness (QED) is 0.727. The van der Waals surface area contributed by atoms with Crippen LogP contribution in [0.1, 0.15) is 45.0 Å². The van der Waals surface area contributed by atoms with E-state index in [4.69, 9.17) is 5.11 Å². The van der Waals surface area contributed by atoms with Gasteiger partial charge in [-0.1, -0.05) is 13.8 Å². The number of hydrogen-bond acceptors (Lipinski definition) is 5. The van der Waals surface area contributed by atoms with Crippen LogP contribution in [0.4, 0.5) is 11.6 Å². The van der Waals surface area contributed by atoms with Crippen LogP contribution in [0.15, 0.2) is 0 Å². The van der Waals surface area contributed by atoms with Gasteiger partial charge in [-0.15, -0.1) is 0 Å². The molecule has 1 rings (SSSR count). The molecule has 5 nitrogen and oxygen atoms in total. The maximum absolute atomic E-state index is 9.03. The van der Waals surface area contributed by atoms with Gasteiger partial charge in [0.1, 0.15) is 17.5 Å². The average Bonchev–Trinajstić information content (AvgIpc) is 2.48. The molecule has 20 heavy (non-hydrogen) atoms. The monoisotopic (exact) mass is 280 g/mol. The number of rotatable bonds is 9. The van der Waals surface area contributed by atoms with Crippen molar-refractivity contribution in [3.8, 4) is 0 Å². The number of aliphatic hydroxyl groups is 1. The number of aromatic nitrogens is 2. The molecule has 0 unspecified atom stereocenters. The van der Waals surface area contributed by atoms with Crippen molar-refractivity contribution in [3.63, 3.8) is 0 Å². The second-order valence-corrected chi connectivity index (χ2v) is 4.87. The lowest BCUT2D eigenvalue weighted by molar-refractivity contribution is 0.289. The van der Waals surface area contributed by atoms with Gasteiger partial charge in [0.25, 0.3) is 0 Å². The number of nitrogens with zero attached hydrogens (tertiary/aromatic N) is 3. The topological polar surface area (TPSA) is 61.3 Å². The fourth-order valence-corrected chi connectivity index (χ4v) is 2.11. The summed E-state index contributed by atoms with van der Waals surface area (Å²) >= 11 is 0. The largest absolute Gasteiger partial charge is 0.396 e. The Kier molecular flexibility index (Phi) is 7.30. The molecule has 0 atom stereocenters. The van der Waals surface area contributed by atoms with E-state index in [1.165, 1.54) is 0 Å². The maximum Gasteiger partial charge on any atom is 0.137 e. The van der Waals surface area contributed by atoms with Crippen LogP contribution in [0.25, 0.3) is 0 Å². The summed E-state index contributed by atoms with van der Waals surface area (Å²) in [5.41, 5.74) is 1.09. The van der Waals surface area contributed by atoms with Crippen molar-refractivity contribution in [3.05, 3.63) is 11.4 Å². The smallest absolute Gasteiger partial charge is 0.137 e. The number of hydrogen-bond donors (Lipinski definition) is 2. The van der Waals surface area contributed by atoms with Crippen molar-refractivity contribution < 1.29 is 5.11 Å². The second kappa shape index (κ2) is 8.74. The molecule has 2 N–H and O–H groups in total. The predicted octanol–water partition coefficient (Wildman–Crippen LogP) is 2.38. The predicted molar refractivity (Wildman–Crippen MR) is 84.5 cm³/mol. The molecule has 1 heterocycles. The minimum Gasteiger partial charge on any atom is -0.396 e. The highest BCUT2D eigenvalue weighted by Gasteiger charge is 2.14. The van der Waals surface area contributed by atoms with Crippen LogP contribution in [0.5, 0.6) is 0 Å². The number of aryl methyl sites for hydroxylation is 1. The molecule has 0 spiro atoms. The van der Waals surface area contributed by atoms with Gasteiger partial charge in [-0.05, 0) is 26.7 Å². The van der Waals surface area contributed by atoms with Gasteiger partial charge in [-0.3, -0.25) is 0 Å². The maximum atomic E-state index is 9.03. The molecule has 0 amide bonds. The number of nitrogens with one attached hydrogen (secondary N) is 1. The molecule has 0 aliphatic heterocycles. The summed E-state index contributed by atoms with van der Waals surface area (Å²) in [5.74, 6) is 2.80. The van der Waals surface area contributed by atoms with E-state index in [-0.39, 0.29) is 6.61 Å². The summed E-state index contributed by atoms with van der Waals surface area (Å²) < 4.78 is 0. The van der Waals surface area contributed by atoms with E-state index in [0.29, 0.717) is 0 Å². The molecule has 114 valence electrons. The molecular weight excluding hydrogens is 252 g/mol. The molecule has 0 fully saturated rings. The first-order chi connectivity index (χ1) is 9.67. The summed E-state index contributed by atoms with van der Waals surface area (Å²) in [6.45, 7) is 11.2. The summed E-state index contributed by atoms with van der Waals surface area (Å²) in [7, 11) is 0. The van der Waals surface area contributed by atoms with E-state index >= 15 is 0 Å². The van der Waals surface area contributed by atoms with Crippen molar-refractivity contribution in [1.29, 1.82) is 0 Å². The van der Waals surface area contributed by atoms with Gasteiger partial charge < -0.3 is 15.3 Å². The Balaban J connectivity index is 3.08. The normalized spacial score (nSPS) is 10.7. The Morgan fingerprint density at radius 2 is 1.95 bits per heavy atom. The number of aliphatic hydroxyl groups excluding tert-OH is 1. The van der Waals surface area contributed by atoms with Gasteiger partial charge in [-0.25, -0.2) is 9.97 Å². The van der Waals surface area contributed by atoms with Crippen LogP contribution >= 0.6 is 0 Å². The van der Waals surface area contributed by atoms with Crippen LogP contribution in [0.2, 0.25) is 0 Å². The highest BCUT2D eigenvalue weighted by molar-refractivity contribution is 5.58. The standard InChI is InChI=1S/C15H28N4O/c1-5-9-16-14-12(4)15(18-13(6-2)17-14)19(7-3)10-8-11-20/h20H,5-11H2,1-4H3,(H,16,17,18). The molecule has 0 aliphatic carbocycles. The van der Waals surface area contributed by atoms with Crippen molar-refractivity contribution in [1.82, 2.24) is 9.97 Å². The highest BCUT2D eigenvalue weighted by Crippen LogP contribution is 2.24. The second-order valence-electron chi connectivity index (χ2n) is 4.87. The molecule has 0 aromatic carbocycles. The van der Waals surface area contributed by atoms with Crippen molar-refractivity contribution >= 4 is 11.6 Å². The van der Waals surface area contributed by atoms with Crippen LogP contribution < -0.4 is 10.2 Å². The third kappa shape index (κ3) is 4.34. The van der Waals surface area contributed by atoms with Crippen molar-refractivity contribution in [2.75, 3.05) is 36.5 Å². The lowest BCUT2D eigenvalue weighted by Crippen LogP contribution is -2.27. The minimum absolute atomic E-state index is 0.211. The zero-order chi connectivity index (χ0) is 15.0. The van der Waals surface area contributed by atoms with E-state index in [2.05, 4.69) is 47.9 Å². The zero-order valence-corrected chi connectivity index (χ0v) is 13.2. The first-order valence-electron chi connectivity index (χ1n) is 7.65. The van der Waals surface area contributed by atoms with Gasteiger partial charge in [0.2, 0.25) is 0 Å². The van der Waals surface area contributed by atoms with Gasteiger partial charge in [0.15, 0.2) is 0 Å². The molecule has 0 radical (unpaired) electrons. The summed E-state index contributed by atoms with van der Waals surface area (Å²) in [6, 6.07) is 0. The van der Waals surface area contributed by atoms with Crippen molar-refractivity contribution in [2.45, 2.75) is 47.0 Å². The van der Waals surface area contributed by atoms with Crippen LogP contribution in [0, 0.1) is 6.92 Å². The van der Waals surface area contributed by atoms with E-state index in [1.54, 1.807) is 0 Å². The fourth-order valence-electron chi connectivity index (χ4n) is 2.11. The Morgan fingerprint density at radius 1 is 1.20 bits per heavy atom. The fraction of sp³-hybridized carbons (Fsp3) is 0.733. The molecular formula is C15H28N4O. The minimum atomic E-state index is 0.211. The highest BCUT2D eigenvalue weighted by atomic mass is 16.3. The molecule has 0 aliphatic rings. The lowest BCUT2D eigenvalue weighted by atomic mass is 10.2. The molecule has 0 saturated heterocycles. The average molecular weight is 280 g/mol. The Morgan fingerprint density at radius 3 is 2.50 bits per heavy atom. The van der Waals surface area contributed by atoms with E-state index in [1.807, 2.05) is 0 Å². The summed E-state index contributed by atoms with van der Waals surface area (Å²) in [6.07, 6.45) is 2.66. The van der Waals surface area contributed by atoms with Gasteiger partial charge in [0.05, 0.1) is 0 Å². The Hall–Kier alpha value is -1.36. The lowest BCUT2D eigenvalue weighted by Gasteiger charge is -2.25. The molecule has 1 aromatic heterocycles. The van der Waals surface area contributed by atoms with Gasteiger partial charge in [0, 0.05) is 38.2 Å². The van der Waals surface area contributed by atoms with Crippen LogP contribution in [-0.2, 0) is 6.42 Å². The summed E-state index contributed by atoms with van der Waals surface area (Å²) in [5, 5.41) is 12.4.